The molecule has 4 aromatic rings. The van der Waals surface area contributed by atoms with Gasteiger partial charge in [-0.05, 0) is 42.0 Å². The highest BCUT2D eigenvalue weighted by atomic mass is 19.1. The average molecular weight is 464 g/mol. The van der Waals surface area contributed by atoms with Crippen LogP contribution in [0.1, 0.15) is 16.1 Å². The molecule has 1 aromatic carbocycles. The fraction of sp³-hybridized carbons (Fsp3) is 0.174. The topological polar surface area (TPSA) is 134 Å². The Morgan fingerprint density at radius 1 is 1.12 bits per heavy atom. The summed E-state index contributed by atoms with van der Waals surface area (Å²) in [6.07, 6.45) is 2.86. The van der Waals surface area contributed by atoms with Crippen molar-refractivity contribution in [3.8, 4) is 5.75 Å². The Morgan fingerprint density at radius 3 is 2.59 bits per heavy atom. The van der Waals surface area contributed by atoms with E-state index in [1.807, 2.05) is 0 Å². The molecule has 0 fully saturated rings. The van der Waals surface area contributed by atoms with Crippen LogP contribution in [-0.2, 0) is 20.1 Å². The number of ether oxygens (including phenoxy) is 1. The van der Waals surface area contributed by atoms with Crippen molar-refractivity contribution < 1.29 is 13.9 Å². The number of carbonyl (C=O) groups excluding carboxylic acids is 1. The van der Waals surface area contributed by atoms with Gasteiger partial charge < -0.3 is 15.8 Å². The Balaban J connectivity index is 1.55. The van der Waals surface area contributed by atoms with Gasteiger partial charge in [0, 0.05) is 19.8 Å². The average Bonchev–Trinajstić information content (AvgIpc) is 2.85. The predicted molar refractivity (Wildman–Crippen MR) is 123 cm³/mol. The number of amides is 1. The molecule has 34 heavy (non-hydrogen) atoms. The maximum atomic E-state index is 13.0. The molecule has 0 unspecified atom stereocenters. The van der Waals surface area contributed by atoms with Crippen LogP contribution < -0.4 is 27.0 Å². The number of nitrogens with two attached hydrogens (primary N) is 1. The first-order valence-electron chi connectivity index (χ1n) is 10.3. The van der Waals surface area contributed by atoms with Gasteiger partial charge in [-0.1, -0.05) is 6.07 Å². The molecule has 1 amide bonds. The standard InChI is InChI=1S/C23H21FN6O4/c1-29-19-13-26-18(21(31)28-12-14-2-7-20(25)27-11-14)10-17(19)22(32)30(23(29)33)8-9-34-16-5-3-15(24)4-6-16/h2-7,10-11,13H,8-9,12H2,1H3,(H2,25,27)(H,28,31). The second-order valence-corrected chi connectivity index (χ2v) is 7.46. The van der Waals surface area contributed by atoms with Gasteiger partial charge in [-0.25, -0.2) is 19.2 Å². The lowest BCUT2D eigenvalue weighted by Crippen LogP contribution is -2.40. The van der Waals surface area contributed by atoms with Gasteiger partial charge in [0.05, 0.1) is 23.6 Å². The van der Waals surface area contributed by atoms with Gasteiger partial charge in [0.2, 0.25) is 0 Å². The van der Waals surface area contributed by atoms with Crippen LogP contribution in [0.2, 0.25) is 0 Å². The lowest BCUT2D eigenvalue weighted by Gasteiger charge is -2.12. The fourth-order valence-electron chi connectivity index (χ4n) is 3.32. The summed E-state index contributed by atoms with van der Waals surface area (Å²) in [5.41, 5.74) is 5.51. The lowest BCUT2D eigenvalue weighted by molar-refractivity contribution is 0.0946. The Bertz CT molecular complexity index is 1460. The first kappa shape index (κ1) is 22.6. The Kier molecular flexibility index (Phi) is 6.35. The lowest BCUT2D eigenvalue weighted by atomic mass is 10.2. The van der Waals surface area contributed by atoms with Gasteiger partial charge in [0.25, 0.3) is 11.5 Å². The van der Waals surface area contributed by atoms with Gasteiger partial charge in [0.15, 0.2) is 0 Å². The highest BCUT2D eigenvalue weighted by Gasteiger charge is 2.15. The van der Waals surface area contributed by atoms with Gasteiger partial charge in [-0.2, -0.15) is 0 Å². The molecule has 0 spiro atoms. The van der Waals surface area contributed by atoms with E-state index >= 15 is 0 Å². The molecule has 0 saturated carbocycles. The minimum Gasteiger partial charge on any atom is -0.492 e. The van der Waals surface area contributed by atoms with Crippen molar-refractivity contribution in [1.82, 2.24) is 24.4 Å². The number of hydrogen-bond donors (Lipinski definition) is 2. The number of fused-ring (bicyclic) bond motifs is 1. The summed E-state index contributed by atoms with van der Waals surface area (Å²) in [6, 6.07) is 10.1. The fourth-order valence-corrected chi connectivity index (χ4v) is 3.32. The van der Waals surface area contributed by atoms with Crippen molar-refractivity contribution in [2.75, 3.05) is 12.3 Å². The van der Waals surface area contributed by atoms with E-state index in [0.29, 0.717) is 17.1 Å². The van der Waals surface area contributed by atoms with Crippen molar-refractivity contribution in [1.29, 1.82) is 0 Å². The van der Waals surface area contributed by atoms with E-state index < -0.39 is 23.0 Å². The van der Waals surface area contributed by atoms with Gasteiger partial charge in [-0.15, -0.1) is 0 Å². The molecule has 0 aliphatic carbocycles. The summed E-state index contributed by atoms with van der Waals surface area (Å²) >= 11 is 0. The number of aryl methyl sites for hydroxylation is 1. The summed E-state index contributed by atoms with van der Waals surface area (Å²) in [5.74, 6) is -0.105. The summed E-state index contributed by atoms with van der Waals surface area (Å²) in [4.78, 5) is 46.4. The van der Waals surface area contributed by atoms with Crippen LogP contribution in [-0.4, -0.2) is 31.6 Å². The Morgan fingerprint density at radius 2 is 1.88 bits per heavy atom. The number of rotatable bonds is 7. The molecule has 0 aliphatic rings. The number of halogens is 1. The molecule has 174 valence electrons. The third-order valence-electron chi connectivity index (χ3n) is 5.17. The summed E-state index contributed by atoms with van der Waals surface area (Å²) in [6.45, 7) is 0.178. The summed E-state index contributed by atoms with van der Waals surface area (Å²) in [5, 5.41) is 2.87. The molecule has 0 aliphatic heterocycles. The van der Waals surface area contributed by atoms with Crippen LogP contribution >= 0.6 is 0 Å². The molecule has 0 bridgehead atoms. The third kappa shape index (κ3) is 4.77. The van der Waals surface area contributed by atoms with E-state index in [1.165, 1.54) is 48.1 Å². The minimum atomic E-state index is -0.569. The second-order valence-electron chi connectivity index (χ2n) is 7.46. The maximum Gasteiger partial charge on any atom is 0.331 e. The van der Waals surface area contributed by atoms with E-state index in [4.69, 9.17) is 10.5 Å². The Hall–Kier alpha value is -4.54. The molecule has 3 aromatic heterocycles. The first-order chi connectivity index (χ1) is 16.3. The molecule has 4 rings (SSSR count). The number of pyridine rings is 2. The molecular formula is C23H21FN6O4. The van der Waals surface area contributed by atoms with E-state index in [0.717, 1.165) is 10.1 Å². The highest BCUT2D eigenvalue weighted by Crippen LogP contribution is 2.11. The van der Waals surface area contributed by atoms with Gasteiger partial charge in [-0.3, -0.25) is 18.7 Å². The molecule has 3 heterocycles. The normalized spacial score (nSPS) is 10.9. The largest absolute Gasteiger partial charge is 0.492 e. The molecule has 0 saturated heterocycles. The first-order valence-corrected chi connectivity index (χ1v) is 10.3. The summed E-state index contributed by atoms with van der Waals surface area (Å²) in [7, 11) is 1.51. The van der Waals surface area contributed by atoms with Gasteiger partial charge in [0.1, 0.15) is 29.7 Å². The zero-order chi connectivity index (χ0) is 24.2. The van der Waals surface area contributed by atoms with E-state index in [9.17, 15) is 18.8 Å². The number of benzene rings is 1. The van der Waals surface area contributed by atoms with Crippen LogP contribution in [0, 0.1) is 5.82 Å². The van der Waals surface area contributed by atoms with E-state index in [-0.39, 0.29) is 30.8 Å². The van der Waals surface area contributed by atoms with Crippen LogP contribution in [0.25, 0.3) is 10.9 Å². The van der Waals surface area contributed by atoms with Crippen LogP contribution in [0.15, 0.2) is 64.4 Å². The minimum absolute atomic E-state index is 0.0142. The molecule has 0 atom stereocenters. The van der Waals surface area contributed by atoms with Gasteiger partial charge >= 0.3 is 5.69 Å². The quantitative estimate of drug-likeness (QED) is 0.420. The van der Waals surface area contributed by atoms with Crippen molar-refractivity contribution in [2.45, 2.75) is 13.1 Å². The zero-order valence-electron chi connectivity index (χ0n) is 18.2. The maximum absolute atomic E-state index is 13.0. The summed E-state index contributed by atoms with van der Waals surface area (Å²) < 4.78 is 20.8. The SMILES string of the molecule is Cn1c(=O)n(CCOc2ccc(F)cc2)c(=O)c2cc(C(=O)NCc3ccc(N)nc3)ncc21. The van der Waals surface area contributed by atoms with E-state index in [1.54, 1.807) is 18.3 Å². The second kappa shape index (κ2) is 9.53. The third-order valence-corrected chi connectivity index (χ3v) is 5.17. The number of carbonyl (C=O) groups is 1. The van der Waals surface area contributed by atoms with Crippen LogP contribution in [0.5, 0.6) is 5.75 Å². The van der Waals surface area contributed by atoms with Crippen molar-refractivity contribution >= 4 is 22.6 Å². The smallest absolute Gasteiger partial charge is 0.331 e. The van der Waals surface area contributed by atoms with Crippen LogP contribution in [0.3, 0.4) is 0 Å². The van der Waals surface area contributed by atoms with Crippen LogP contribution in [0.4, 0.5) is 10.2 Å². The molecular weight excluding hydrogens is 443 g/mol. The number of nitrogens with one attached hydrogen (secondary N) is 1. The molecule has 10 nitrogen and oxygen atoms in total. The van der Waals surface area contributed by atoms with Crippen molar-refractivity contribution in [3.05, 3.63) is 92.8 Å². The number of nitrogens with zero attached hydrogens (tertiary/aromatic N) is 4. The molecule has 3 N–H and O–H groups in total. The zero-order valence-corrected chi connectivity index (χ0v) is 18.2. The number of nitrogen functional groups attached to an aromatic ring is 1. The predicted octanol–water partition coefficient (Wildman–Crippen LogP) is 1.22. The molecule has 0 radical (unpaired) electrons. The highest BCUT2D eigenvalue weighted by molar-refractivity contribution is 5.95. The number of aromatic nitrogens is 4. The number of hydrogen-bond acceptors (Lipinski definition) is 7. The monoisotopic (exact) mass is 464 g/mol. The van der Waals surface area contributed by atoms with E-state index in [2.05, 4.69) is 15.3 Å². The molecule has 11 heteroatoms. The van der Waals surface area contributed by atoms with Crippen molar-refractivity contribution in [3.63, 3.8) is 0 Å². The Labute approximate surface area is 192 Å². The van der Waals surface area contributed by atoms with Crippen molar-refractivity contribution in [2.24, 2.45) is 7.05 Å². The number of anilines is 1.